The molecule has 0 aliphatic rings. The predicted octanol–water partition coefficient (Wildman–Crippen LogP) is 15.3. The molecule has 0 radical (unpaired) electrons. The standard InChI is InChI=1S/C58H37N3/c1-3-14-38(15-4-1)53-37-54(39-16-5-2-6-17-39)60-58(59-53)48-25-12-24-46(35-48)44-22-10-20-42(33-44)40-18-9-19-41(32-40)43-21-11-23-45(34-43)47-30-31-50-52-28-13-27-51-49-26-7-8-29-55(49)61(57(51)52)56(50)36-47/h1-37H. The molecule has 9 aromatic carbocycles. The van der Waals surface area contributed by atoms with Gasteiger partial charge in [0.15, 0.2) is 5.82 Å². The predicted molar refractivity (Wildman–Crippen MR) is 255 cm³/mol. The van der Waals surface area contributed by atoms with Crippen LogP contribution in [0.4, 0.5) is 0 Å². The second-order valence-corrected chi connectivity index (χ2v) is 15.8. The van der Waals surface area contributed by atoms with Crippen LogP contribution < -0.4 is 0 Å². The fraction of sp³-hybridized carbons (Fsp3) is 0. The normalized spacial score (nSPS) is 11.6. The average molecular weight is 776 g/mol. The molecule has 3 aromatic heterocycles. The minimum atomic E-state index is 0.702. The zero-order valence-corrected chi connectivity index (χ0v) is 33.2. The van der Waals surface area contributed by atoms with Gasteiger partial charge in [0, 0.05) is 38.2 Å². The zero-order valence-electron chi connectivity index (χ0n) is 33.2. The molecule has 12 rings (SSSR count). The summed E-state index contributed by atoms with van der Waals surface area (Å²) in [5.74, 6) is 0.702. The van der Waals surface area contributed by atoms with Crippen molar-refractivity contribution < 1.29 is 0 Å². The van der Waals surface area contributed by atoms with Crippen LogP contribution in [0.2, 0.25) is 0 Å². The second kappa shape index (κ2) is 14.3. The maximum Gasteiger partial charge on any atom is 0.160 e. The summed E-state index contributed by atoms with van der Waals surface area (Å²) < 4.78 is 2.45. The van der Waals surface area contributed by atoms with Gasteiger partial charge in [-0.2, -0.15) is 0 Å². The third-order valence-electron chi connectivity index (χ3n) is 12.1. The van der Waals surface area contributed by atoms with Crippen molar-refractivity contribution in [3.05, 3.63) is 224 Å². The molecule has 0 aliphatic carbocycles. The number of para-hydroxylation sites is 2. The van der Waals surface area contributed by atoms with E-state index in [0.717, 1.165) is 44.8 Å². The largest absolute Gasteiger partial charge is 0.308 e. The minimum absolute atomic E-state index is 0.702. The Morgan fingerprint density at radius 3 is 1.15 bits per heavy atom. The van der Waals surface area contributed by atoms with Crippen LogP contribution in [0.15, 0.2) is 224 Å². The van der Waals surface area contributed by atoms with Crippen LogP contribution in [-0.2, 0) is 0 Å². The number of hydrogen-bond donors (Lipinski definition) is 0. The molecule has 0 atom stereocenters. The first-order valence-corrected chi connectivity index (χ1v) is 20.8. The Balaban J connectivity index is 0.878. The summed E-state index contributed by atoms with van der Waals surface area (Å²) in [5.41, 5.74) is 18.1. The lowest BCUT2D eigenvalue weighted by Crippen LogP contribution is -1.96. The third-order valence-corrected chi connectivity index (χ3v) is 12.1. The number of rotatable bonds is 7. The fourth-order valence-corrected chi connectivity index (χ4v) is 9.17. The summed E-state index contributed by atoms with van der Waals surface area (Å²) in [6.45, 7) is 0. The molecule has 0 unspecified atom stereocenters. The van der Waals surface area contributed by atoms with Crippen molar-refractivity contribution in [2.24, 2.45) is 0 Å². The molecule has 3 heteroatoms. The Morgan fingerprint density at radius 1 is 0.246 bits per heavy atom. The van der Waals surface area contributed by atoms with Crippen molar-refractivity contribution in [3.8, 4) is 78.4 Å². The van der Waals surface area contributed by atoms with E-state index in [2.05, 4.69) is 217 Å². The molecule has 0 saturated heterocycles. The lowest BCUT2D eigenvalue weighted by atomic mass is 9.94. The topological polar surface area (TPSA) is 30.2 Å². The molecule has 0 N–H and O–H groups in total. The van der Waals surface area contributed by atoms with Gasteiger partial charge in [0.2, 0.25) is 0 Å². The molecular formula is C58H37N3. The van der Waals surface area contributed by atoms with Crippen molar-refractivity contribution in [2.75, 3.05) is 0 Å². The van der Waals surface area contributed by atoms with Gasteiger partial charge in [-0.3, -0.25) is 0 Å². The smallest absolute Gasteiger partial charge is 0.160 e. The fourth-order valence-electron chi connectivity index (χ4n) is 9.17. The Morgan fingerprint density at radius 2 is 0.623 bits per heavy atom. The highest BCUT2D eigenvalue weighted by molar-refractivity contribution is 6.23. The summed E-state index contributed by atoms with van der Waals surface area (Å²) in [6.07, 6.45) is 0. The molecule has 3 heterocycles. The van der Waals surface area contributed by atoms with E-state index in [0.29, 0.717) is 5.82 Å². The second-order valence-electron chi connectivity index (χ2n) is 15.8. The first-order chi connectivity index (χ1) is 30.2. The average Bonchev–Trinajstić information content (AvgIpc) is 3.87. The van der Waals surface area contributed by atoms with Gasteiger partial charge in [0.25, 0.3) is 0 Å². The van der Waals surface area contributed by atoms with E-state index in [1.54, 1.807) is 0 Å². The van der Waals surface area contributed by atoms with Crippen LogP contribution in [0, 0.1) is 0 Å². The van der Waals surface area contributed by atoms with Crippen molar-refractivity contribution >= 4 is 38.1 Å². The summed E-state index contributed by atoms with van der Waals surface area (Å²) in [6, 6.07) is 80.4. The van der Waals surface area contributed by atoms with Crippen LogP contribution in [0.1, 0.15) is 0 Å². The molecule has 61 heavy (non-hydrogen) atoms. The van der Waals surface area contributed by atoms with Gasteiger partial charge in [-0.15, -0.1) is 0 Å². The highest BCUT2D eigenvalue weighted by Gasteiger charge is 2.18. The van der Waals surface area contributed by atoms with Crippen molar-refractivity contribution in [1.29, 1.82) is 0 Å². The third kappa shape index (κ3) is 6.06. The molecule has 12 aromatic rings. The molecule has 284 valence electrons. The van der Waals surface area contributed by atoms with Crippen molar-refractivity contribution in [1.82, 2.24) is 14.4 Å². The van der Waals surface area contributed by atoms with Crippen molar-refractivity contribution in [2.45, 2.75) is 0 Å². The molecule has 0 amide bonds. The van der Waals surface area contributed by atoms with Crippen LogP contribution in [-0.4, -0.2) is 14.4 Å². The van der Waals surface area contributed by atoms with Crippen LogP contribution >= 0.6 is 0 Å². The Kier molecular flexibility index (Phi) is 8.17. The molecule has 0 spiro atoms. The van der Waals surface area contributed by atoms with E-state index in [1.807, 2.05) is 12.1 Å². The van der Waals surface area contributed by atoms with Gasteiger partial charge in [-0.05, 0) is 87.0 Å². The van der Waals surface area contributed by atoms with Crippen LogP contribution in [0.3, 0.4) is 0 Å². The summed E-state index contributed by atoms with van der Waals surface area (Å²) in [4.78, 5) is 10.2. The lowest BCUT2D eigenvalue weighted by Gasteiger charge is -2.12. The lowest BCUT2D eigenvalue weighted by molar-refractivity contribution is 1.18. The van der Waals surface area contributed by atoms with Gasteiger partial charge < -0.3 is 4.40 Å². The number of aromatic nitrogens is 3. The van der Waals surface area contributed by atoms with E-state index in [1.165, 1.54) is 65.9 Å². The summed E-state index contributed by atoms with van der Waals surface area (Å²) in [5, 5.41) is 5.20. The Hall–Kier alpha value is -8.14. The molecule has 0 saturated carbocycles. The number of benzene rings is 9. The first kappa shape index (κ1) is 34.9. The van der Waals surface area contributed by atoms with Crippen LogP contribution in [0.25, 0.3) is 117 Å². The minimum Gasteiger partial charge on any atom is -0.308 e. The monoisotopic (exact) mass is 775 g/mol. The zero-order chi connectivity index (χ0) is 40.3. The van der Waals surface area contributed by atoms with Crippen LogP contribution in [0.5, 0.6) is 0 Å². The Bertz CT molecular complexity index is 3530. The highest BCUT2D eigenvalue weighted by Crippen LogP contribution is 2.41. The first-order valence-electron chi connectivity index (χ1n) is 20.8. The quantitative estimate of drug-likeness (QED) is 0.161. The number of nitrogens with zero attached hydrogens (tertiary/aromatic N) is 3. The van der Waals surface area contributed by atoms with Gasteiger partial charge in [-0.25, -0.2) is 9.97 Å². The van der Waals surface area contributed by atoms with Gasteiger partial charge in [0.1, 0.15) is 0 Å². The van der Waals surface area contributed by atoms with E-state index < -0.39 is 0 Å². The van der Waals surface area contributed by atoms with E-state index in [9.17, 15) is 0 Å². The molecule has 0 bridgehead atoms. The summed E-state index contributed by atoms with van der Waals surface area (Å²) >= 11 is 0. The summed E-state index contributed by atoms with van der Waals surface area (Å²) in [7, 11) is 0. The van der Waals surface area contributed by atoms with E-state index in [4.69, 9.17) is 9.97 Å². The van der Waals surface area contributed by atoms with Crippen molar-refractivity contribution in [3.63, 3.8) is 0 Å². The Labute approximate surface area is 353 Å². The van der Waals surface area contributed by atoms with Gasteiger partial charge in [0.05, 0.1) is 27.9 Å². The highest BCUT2D eigenvalue weighted by atomic mass is 14.9. The maximum atomic E-state index is 5.09. The van der Waals surface area contributed by atoms with Gasteiger partial charge >= 0.3 is 0 Å². The van der Waals surface area contributed by atoms with Gasteiger partial charge in [-0.1, -0.05) is 182 Å². The maximum absolute atomic E-state index is 5.09. The molecular weight excluding hydrogens is 739 g/mol. The molecule has 3 nitrogen and oxygen atoms in total. The molecule has 0 fully saturated rings. The van der Waals surface area contributed by atoms with E-state index >= 15 is 0 Å². The molecule has 0 aliphatic heterocycles. The number of hydrogen-bond acceptors (Lipinski definition) is 2. The van der Waals surface area contributed by atoms with E-state index in [-0.39, 0.29) is 0 Å². The number of fused-ring (bicyclic) bond motifs is 6. The SMILES string of the molecule is c1ccc(-c2cc(-c3ccccc3)nc(-c3cccc(-c4cccc(-c5cccc(-c6cccc(-c7ccc8c9cccc%10c%11ccccc%11n(c8c7)c%109)c6)c5)c4)c3)n2)cc1.